The minimum atomic E-state index is -1.04. The molecule has 0 saturated heterocycles. The number of H-pyrrole nitrogens is 2. The van der Waals surface area contributed by atoms with Crippen LogP contribution >= 0.6 is 0 Å². The molecule has 0 aliphatic carbocycles. The number of nitrogens with zero attached hydrogens (tertiary/aromatic N) is 3. The average Bonchev–Trinajstić information content (AvgIpc) is 3.69. The Bertz CT molecular complexity index is 1790. The van der Waals surface area contributed by atoms with Crippen LogP contribution in [0.25, 0.3) is 21.8 Å². The number of para-hydroxylation sites is 2. The van der Waals surface area contributed by atoms with E-state index in [0.29, 0.717) is 19.4 Å². The van der Waals surface area contributed by atoms with Crippen LogP contribution in [0.2, 0.25) is 0 Å². The minimum Gasteiger partial charge on any atom is -0.361 e. The number of nitrogens with one attached hydrogen (secondary N) is 3. The summed E-state index contributed by atoms with van der Waals surface area (Å²) in [5.41, 5.74) is 10.8. The van der Waals surface area contributed by atoms with Gasteiger partial charge in [0.05, 0.1) is 11.6 Å². The molecule has 5 N–H and O–H groups in total. The minimum absolute atomic E-state index is 0.238. The molecule has 1 atom stereocenters. The highest BCUT2D eigenvalue weighted by Gasteiger charge is 2.29. The van der Waals surface area contributed by atoms with E-state index < -0.39 is 11.6 Å². The Balaban J connectivity index is 1.40. The second kappa shape index (κ2) is 11.1. The lowest BCUT2D eigenvalue weighted by molar-refractivity contribution is -0.126. The number of hydrogen-bond acceptors (Lipinski definition) is 4. The van der Waals surface area contributed by atoms with Crippen LogP contribution in [-0.4, -0.2) is 36.2 Å². The first-order chi connectivity index (χ1) is 19.9. The monoisotopic (exact) mass is 545 g/mol. The van der Waals surface area contributed by atoms with Crippen molar-refractivity contribution in [3.8, 4) is 0 Å². The summed E-state index contributed by atoms with van der Waals surface area (Å²) in [5, 5.41) is 14.9. The van der Waals surface area contributed by atoms with Crippen molar-refractivity contribution in [2.45, 2.75) is 51.2 Å². The molecule has 6 rings (SSSR count). The summed E-state index contributed by atoms with van der Waals surface area (Å²) in [6.45, 7) is 4.11. The topological polar surface area (TPSA) is 117 Å². The third kappa shape index (κ3) is 5.64. The van der Waals surface area contributed by atoms with Gasteiger partial charge in [0.15, 0.2) is 5.82 Å². The van der Waals surface area contributed by atoms with Gasteiger partial charge in [0.25, 0.3) is 0 Å². The second-order valence-electron chi connectivity index (χ2n) is 11.2. The average molecular weight is 546 g/mol. The molecule has 3 heterocycles. The molecule has 0 spiro atoms. The van der Waals surface area contributed by atoms with Crippen LogP contribution in [0.15, 0.2) is 91.3 Å². The summed E-state index contributed by atoms with van der Waals surface area (Å²) in [4.78, 5) is 20.0. The maximum Gasteiger partial charge on any atom is 0.240 e. The van der Waals surface area contributed by atoms with Crippen LogP contribution in [0.4, 0.5) is 0 Å². The molecule has 41 heavy (non-hydrogen) atoms. The highest BCUT2D eigenvalue weighted by molar-refractivity contribution is 5.86. The van der Waals surface area contributed by atoms with Gasteiger partial charge in [-0.3, -0.25) is 4.79 Å². The van der Waals surface area contributed by atoms with Crippen molar-refractivity contribution in [1.29, 1.82) is 0 Å². The Morgan fingerprint density at radius 2 is 1.49 bits per heavy atom. The van der Waals surface area contributed by atoms with E-state index >= 15 is 0 Å². The number of nitrogens with two attached hydrogens (primary N) is 1. The maximum absolute atomic E-state index is 13.2. The fourth-order valence-corrected chi connectivity index (χ4v) is 5.39. The number of aromatic nitrogens is 5. The van der Waals surface area contributed by atoms with Crippen LogP contribution in [0.5, 0.6) is 0 Å². The standard InChI is InChI=1S/C33H35N7O/c1-33(2,34)32(41)37-29(18-23-20-35-27-14-8-6-12-25(23)27)31-39-38-30(40(31)17-16-22-10-4-3-5-11-22)19-24-21-36-28-15-9-7-13-26(24)28/h3-15,20-21,29,35-36H,16-19,34H2,1-2H3,(H,37,41)/t29-/m1/s1. The zero-order valence-corrected chi connectivity index (χ0v) is 23.4. The van der Waals surface area contributed by atoms with E-state index in [4.69, 9.17) is 15.9 Å². The number of rotatable bonds is 10. The van der Waals surface area contributed by atoms with Crippen LogP contribution in [0.1, 0.15) is 48.2 Å². The number of carbonyl (C=O) groups is 1. The van der Waals surface area contributed by atoms with E-state index in [9.17, 15) is 4.79 Å². The fraction of sp³-hybridized carbons (Fsp3) is 0.242. The number of fused-ring (bicyclic) bond motifs is 2. The molecule has 3 aromatic heterocycles. The molecular weight excluding hydrogens is 510 g/mol. The molecule has 8 heteroatoms. The van der Waals surface area contributed by atoms with E-state index in [-0.39, 0.29) is 5.91 Å². The molecule has 208 valence electrons. The van der Waals surface area contributed by atoms with Crippen molar-refractivity contribution >= 4 is 27.7 Å². The summed E-state index contributed by atoms with van der Waals surface area (Å²) in [6.07, 6.45) is 6.02. The smallest absolute Gasteiger partial charge is 0.240 e. The first-order valence-corrected chi connectivity index (χ1v) is 14.0. The molecule has 0 bridgehead atoms. The zero-order valence-electron chi connectivity index (χ0n) is 23.4. The zero-order chi connectivity index (χ0) is 28.4. The van der Waals surface area contributed by atoms with Gasteiger partial charge in [-0.2, -0.15) is 0 Å². The Morgan fingerprint density at radius 3 is 2.17 bits per heavy atom. The quantitative estimate of drug-likeness (QED) is 0.189. The van der Waals surface area contributed by atoms with Gasteiger partial charge in [-0.25, -0.2) is 0 Å². The number of aromatic amines is 2. The van der Waals surface area contributed by atoms with Crippen molar-refractivity contribution in [3.63, 3.8) is 0 Å². The van der Waals surface area contributed by atoms with Crippen molar-refractivity contribution in [3.05, 3.63) is 120 Å². The van der Waals surface area contributed by atoms with Gasteiger partial charge in [-0.1, -0.05) is 66.7 Å². The van der Waals surface area contributed by atoms with Gasteiger partial charge in [-0.05, 0) is 49.1 Å². The molecule has 0 fully saturated rings. The molecule has 0 aliphatic rings. The molecule has 8 nitrogen and oxygen atoms in total. The van der Waals surface area contributed by atoms with E-state index in [1.807, 2.05) is 42.7 Å². The van der Waals surface area contributed by atoms with Gasteiger partial charge in [-0.15, -0.1) is 10.2 Å². The number of benzene rings is 3. The van der Waals surface area contributed by atoms with Crippen molar-refractivity contribution < 1.29 is 4.79 Å². The fourth-order valence-electron chi connectivity index (χ4n) is 5.39. The molecule has 1 amide bonds. The highest BCUT2D eigenvalue weighted by Crippen LogP contribution is 2.27. The normalized spacial score (nSPS) is 12.7. The van der Waals surface area contributed by atoms with Crippen LogP contribution < -0.4 is 11.1 Å². The Kier molecular flexibility index (Phi) is 7.15. The lowest BCUT2D eigenvalue weighted by Crippen LogP contribution is -2.50. The van der Waals surface area contributed by atoms with E-state index in [1.54, 1.807) is 13.8 Å². The van der Waals surface area contributed by atoms with Gasteiger partial charge in [0, 0.05) is 53.6 Å². The Morgan fingerprint density at radius 1 is 0.878 bits per heavy atom. The lowest BCUT2D eigenvalue weighted by Gasteiger charge is -2.25. The molecule has 0 saturated carbocycles. The van der Waals surface area contributed by atoms with E-state index in [2.05, 4.69) is 68.4 Å². The van der Waals surface area contributed by atoms with Crippen LogP contribution in [-0.2, 0) is 30.6 Å². The summed E-state index contributed by atoms with van der Waals surface area (Å²) in [6, 6.07) is 26.4. The Hall–Kier alpha value is -4.69. The predicted octanol–water partition coefficient (Wildman–Crippen LogP) is 5.21. The third-order valence-electron chi connectivity index (χ3n) is 7.65. The number of aryl methyl sites for hydroxylation is 1. The first-order valence-electron chi connectivity index (χ1n) is 14.0. The molecule has 0 unspecified atom stereocenters. The van der Waals surface area contributed by atoms with Gasteiger partial charge < -0.3 is 25.6 Å². The van der Waals surface area contributed by atoms with Crippen molar-refractivity contribution in [1.82, 2.24) is 30.0 Å². The van der Waals surface area contributed by atoms with Gasteiger partial charge in [0.1, 0.15) is 5.82 Å². The molecule has 0 aliphatic heterocycles. The number of carbonyl (C=O) groups excluding carboxylic acids is 1. The predicted molar refractivity (Wildman–Crippen MR) is 162 cm³/mol. The highest BCUT2D eigenvalue weighted by atomic mass is 16.2. The molecular formula is C33H35N7O. The summed E-state index contributed by atoms with van der Waals surface area (Å²) < 4.78 is 2.18. The maximum atomic E-state index is 13.2. The SMILES string of the molecule is CC(C)(N)C(=O)N[C@H](Cc1c[nH]c2ccccc12)c1nnc(Cc2c[nH]c3ccccc23)n1CCc1ccccc1. The summed E-state index contributed by atoms with van der Waals surface area (Å²) in [5.74, 6) is 1.34. The number of hydrogen-bond donors (Lipinski definition) is 4. The van der Waals surface area contributed by atoms with Gasteiger partial charge in [0.2, 0.25) is 5.91 Å². The summed E-state index contributed by atoms with van der Waals surface area (Å²) in [7, 11) is 0. The lowest BCUT2D eigenvalue weighted by atomic mass is 10.0. The second-order valence-corrected chi connectivity index (χ2v) is 11.2. The third-order valence-corrected chi connectivity index (χ3v) is 7.65. The molecule has 3 aromatic carbocycles. The van der Waals surface area contributed by atoms with Crippen molar-refractivity contribution in [2.24, 2.45) is 5.73 Å². The largest absolute Gasteiger partial charge is 0.361 e. The Labute approximate surface area is 239 Å². The van der Waals surface area contributed by atoms with Crippen LogP contribution in [0, 0.1) is 0 Å². The number of amides is 1. The van der Waals surface area contributed by atoms with Crippen LogP contribution in [0.3, 0.4) is 0 Å². The van der Waals surface area contributed by atoms with Gasteiger partial charge >= 0.3 is 0 Å². The van der Waals surface area contributed by atoms with E-state index in [1.165, 1.54) is 10.9 Å². The first kappa shape index (κ1) is 26.5. The van der Waals surface area contributed by atoms with E-state index in [0.717, 1.165) is 45.6 Å². The summed E-state index contributed by atoms with van der Waals surface area (Å²) >= 11 is 0. The molecule has 6 aromatic rings. The molecule has 0 radical (unpaired) electrons. The van der Waals surface area contributed by atoms with Crippen molar-refractivity contribution in [2.75, 3.05) is 0 Å².